The number of aliphatic carboxylic acids is 1. The Hall–Kier alpha value is -2.41. The van der Waals surface area contributed by atoms with Crippen molar-refractivity contribution in [2.75, 3.05) is 13.1 Å². The highest BCUT2D eigenvalue weighted by Gasteiger charge is 2.23. The van der Waals surface area contributed by atoms with Gasteiger partial charge in [-0.25, -0.2) is 0 Å². The van der Waals surface area contributed by atoms with Gasteiger partial charge >= 0.3 is 5.97 Å². The predicted octanol–water partition coefficient (Wildman–Crippen LogP) is 5.00. The molecule has 0 spiro atoms. The topological polar surface area (TPSA) is 57.6 Å². The maximum Gasteiger partial charge on any atom is 0.323 e. The Morgan fingerprint density at radius 1 is 1.18 bits per heavy atom. The van der Waals surface area contributed by atoms with Crippen molar-refractivity contribution in [2.45, 2.75) is 0 Å². The number of hydrogen-bond acceptors (Lipinski definition) is 4. The first-order valence-electron chi connectivity index (χ1n) is 8.38. The summed E-state index contributed by atoms with van der Waals surface area (Å²) in [4.78, 5) is 25.7. The van der Waals surface area contributed by atoms with Crippen molar-refractivity contribution in [3.05, 3.63) is 81.2 Å². The maximum atomic E-state index is 12.2. The fourth-order valence-corrected chi connectivity index (χ4v) is 4.16. The number of thiocarbonyl (C=S) groups is 1. The van der Waals surface area contributed by atoms with Gasteiger partial charge in [0.2, 0.25) is 0 Å². The number of allylic oxidation sites excluding steroid dienone is 1. The van der Waals surface area contributed by atoms with Crippen LogP contribution in [0.3, 0.4) is 0 Å². The predicted molar refractivity (Wildman–Crippen MR) is 119 cm³/mol. The lowest BCUT2D eigenvalue weighted by molar-refractivity contribution is -0.137. The Morgan fingerprint density at radius 3 is 2.57 bits per heavy atom. The van der Waals surface area contributed by atoms with E-state index in [4.69, 9.17) is 28.9 Å². The molecule has 1 heterocycles. The van der Waals surface area contributed by atoms with Crippen molar-refractivity contribution < 1.29 is 14.7 Å². The van der Waals surface area contributed by atoms with Gasteiger partial charge in [0.25, 0.3) is 0 Å². The summed E-state index contributed by atoms with van der Waals surface area (Å²) in [6, 6.07) is 14.6. The molecular formula is C21H16ClNO3S2. The van der Waals surface area contributed by atoms with Crippen molar-refractivity contribution in [3.63, 3.8) is 0 Å². The highest BCUT2D eigenvalue weighted by molar-refractivity contribution is 8.25. The Balaban J connectivity index is 1.64. The average Bonchev–Trinajstić information content (AvgIpc) is 2.99. The second-order valence-electron chi connectivity index (χ2n) is 6.10. The van der Waals surface area contributed by atoms with Crippen LogP contribution in [0.2, 0.25) is 5.02 Å². The second-order valence-corrected chi connectivity index (χ2v) is 8.30. The molecule has 1 saturated heterocycles. The van der Waals surface area contributed by atoms with E-state index in [1.807, 2.05) is 30.3 Å². The Labute approximate surface area is 177 Å². The van der Waals surface area contributed by atoms with Crippen molar-refractivity contribution in [1.82, 2.24) is 4.90 Å². The minimum atomic E-state index is -0.896. The molecule has 1 N–H and O–H groups in total. The summed E-state index contributed by atoms with van der Waals surface area (Å²) in [5.41, 5.74) is 2.44. The van der Waals surface area contributed by atoms with Gasteiger partial charge in [0, 0.05) is 15.5 Å². The molecule has 0 aliphatic carbocycles. The zero-order valence-corrected chi connectivity index (χ0v) is 17.1. The highest BCUT2D eigenvalue weighted by Crippen LogP contribution is 2.31. The van der Waals surface area contributed by atoms with Gasteiger partial charge in [0.1, 0.15) is 10.9 Å². The van der Waals surface area contributed by atoms with Gasteiger partial charge < -0.3 is 10.0 Å². The van der Waals surface area contributed by atoms with Gasteiger partial charge in [-0.05, 0) is 35.4 Å². The largest absolute Gasteiger partial charge is 0.480 e. The van der Waals surface area contributed by atoms with Gasteiger partial charge in [-0.15, -0.1) is 0 Å². The first kappa shape index (κ1) is 20.3. The molecule has 28 heavy (non-hydrogen) atoms. The van der Waals surface area contributed by atoms with Gasteiger partial charge in [-0.2, -0.15) is 0 Å². The fraction of sp³-hybridized carbons (Fsp3) is 0.0952. The molecule has 7 heteroatoms. The Morgan fingerprint density at radius 2 is 1.89 bits per heavy atom. The van der Waals surface area contributed by atoms with Gasteiger partial charge in [0.15, 0.2) is 5.78 Å². The molecule has 3 rings (SSSR count). The van der Waals surface area contributed by atoms with Crippen LogP contribution in [-0.4, -0.2) is 39.2 Å². The summed E-state index contributed by atoms with van der Waals surface area (Å²) in [7, 11) is 0. The van der Waals surface area contributed by atoms with Crippen molar-refractivity contribution in [1.29, 1.82) is 0 Å². The number of carbonyl (C=O) groups excluding carboxylic acids is 1. The van der Waals surface area contributed by atoms with Gasteiger partial charge in [-0.1, -0.05) is 78.1 Å². The van der Waals surface area contributed by atoms with E-state index >= 15 is 0 Å². The minimum absolute atomic E-state index is 0.0897. The Kier molecular flexibility index (Phi) is 6.67. The van der Waals surface area contributed by atoms with E-state index in [1.54, 1.807) is 35.2 Å². The van der Waals surface area contributed by atoms with Crippen LogP contribution in [0.5, 0.6) is 0 Å². The summed E-state index contributed by atoms with van der Waals surface area (Å²) in [5, 5.41) is 9.44. The van der Waals surface area contributed by atoms with Crippen LogP contribution in [0.25, 0.3) is 12.2 Å². The van der Waals surface area contributed by atoms with E-state index in [1.165, 1.54) is 17.8 Å². The maximum absolute atomic E-state index is 12.2. The summed E-state index contributed by atoms with van der Waals surface area (Å²) in [6.07, 6.45) is 5.27. The average molecular weight is 430 g/mol. The van der Waals surface area contributed by atoms with E-state index in [-0.39, 0.29) is 12.3 Å². The number of ketones is 1. The van der Waals surface area contributed by atoms with Crippen LogP contribution in [-0.2, 0) is 4.79 Å². The standard InChI is InChI=1S/C21H16ClNO3S2/c22-17-3-1-2-16(11-17)19(24)9-8-14-4-6-15(7-5-14)10-18-12-23(13-20(25)26)21(27)28-18/h1-11H,12-13H2,(H,25,26)/b9-8+,18-10?. The summed E-state index contributed by atoms with van der Waals surface area (Å²) in [5.74, 6) is -1.00. The fourth-order valence-electron chi connectivity index (χ4n) is 2.62. The van der Waals surface area contributed by atoms with Crippen LogP contribution in [0, 0.1) is 0 Å². The molecule has 0 unspecified atom stereocenters. The number of nitrogens with zero attached hydrogens (tertiary/aromatic N) is 1. The number of rotatable bonds is 6. The van der Waals surface area contributed by atoms with Crippen LogP contribution in [0.4, 0.5) is 0 Å². The number of carbonyl (C=O) groups is 2. The molecule has 0 bridgehead atoms. The zero-order chi connectivity index (χ0) is 20.1. The lowest BCUT2D eigenvalue weighted by Crippen LogP contribution is -2.29. The molecule has 0 atom stereocenters. The van der Waals surface area contributed by atoms with E-state index < -0.39 is 5.97 Å². The van der Waals surface area contributed by atoms with Crippen molar-refractivity contribution in [2.24, 2.45) is 0 Å². The summed E-state index contributed by atoms with van der Waals surface area (Å²) < 4.78 is 0.577. The minimum Gasteiger partial charge on any atom is -0.480 e. The molecule has 0 radical (unpaired) electrons. The van der Waals surface area contributed by atoms with E-state index in [9.17, 15) is 9.59 Å². The lowest BCUT2D eigenvalue weighted by atomic mass is 10.1. The first-order valence-corrected chi connectivity index (χ1v) is 9.98. The monoisotopic (exact) mass is 429 g/mol. The number of halogens is 1. The number of benzene rings is 2. The number of carboxylic acid groups (broad SMARTS) is 1. The smallest absolute Gasteiger partial charge is 0.323 e. The van der Waals surface area contributed by atoms with Gasteiger partial charge in [0.05, 0.1) is 6.54 Å². The molecule has 0 amide bonds. The SMILES string of the molecule is O=C(O)CN1CC(=Cc2ccc(/C=C/C(=O)c3cccc(Cl)c3)cc2)SC1=S. The lowest BCUT2D eigenvalue weighted by Gasteiger charge is -2.12. The number of carboxylic acids is 1. The molecule has 0 aromatic heterocycles. The number of hydrogen-bond donors (Lipinski definition) is 1. The second kappa shape index (κ2) is 9.19. The van der Waals surface area contributed by atoms with Crippen LogP contribution < -0.4 is 0 Å². The van der Waals surface area contributed by atoms with Crippen molar-refractivity contribution in [3.8, 4) is 0 Å². The first-order chi connectivity index (χ1) is 13.4. The quantitative estimate of drug-likeness (QED) is 0.396. The third-order valence-electron chi connectivity index (χ3n) is 3.95. The molecule has 2 aromatic rings. The van der Waals surface area contributed by atoms with Crippen molar-refractivity contribution >= 4 is 63.8 Å². The van der Waals surface area contributed by atoms with E-state index in [2.05, 4.69) is 0 Å². The molecule has 0 saturated carbocycles. The van der Waals surface area contributed by atoms with Crippen LogP contribution >= 0.6 is 35.6 Å². The molecule has 1 aliphatic rings. The zero-order valence-electron chi connectivity index (χ0n) is 14.7. The molecular weight excluding hydrogens is 414 g/mol. The third-order valence-corrected chi connectivity index (χ3v) is 5.64. The molecule has 4 nitrogen and oxygen atoms in total. The third kappa shape index (κ3) is 5.55. The molecule has 1 aliphatic heterocycles. The highest BCUT2D eigenvalue weighted by atomic mass is 35.5. The van der Waals surface area contributed by atoms with E-state index in [0.29, 0.717) is 21.5 Å². The Bertz CT molecular complexity index is 983. The molecule has 2 aromatic carbocycles. The number of thioether (sulfide) groups is 1. The van der Waals surface area contributed by atoms with E-state index in [0.717, 1.165) is 16.0 Å². The summed E-state index contributed by atoms with van der Waals surface area (Å²) >= 11 is 12.5. The van der Waals surface area contributed by atoms with Crippen LogP contribution in [0.1, 0.15) is 21.5 Å². The van der Waals surface area contributed by atoms with Gasteiger partial charge in [-0.3, -0.25) is 9.59 Å². The normalized spacial score (nSPS) is 15.5. The molecule has 1 fully saturated rings. The van der Waals surface area contributed by atoms with Crippen LogP contribution in [0.15, 0.2) is 59.5 Å². The molecule has 142 valence electrons. The summed E-state index contributed by atoms with van der Waals surface area (Å²) in [6.45, 7) is 0.416.